The lowest BCUT2D eigenvalue weighted by molar-refractivity contribution is -0.133. The van der Waals surface area contributed by atoms with E-state index in [-0.39, 0.29) is 30.8 Å². The fourth-order valence-corrected chi connectivity index (χ4v) is 2.92. The highest BCUT2D eigenvalue weighted by molar-refractivity contribution is 5.85. The standard InChI is InChI=1S/C14H25N3O2.ClH/c18-13(6-5-12-3-1-2-4-12)16-11-14(19)17-9-7-15-8-10-17;/h12,15H,1-11H2,(H,16,18);1H. The third-order valence-corrected chi connectivity index (χ3v) is 4.16. The molecule has 0 aromatic heterocycles. The van der Waals surface area contributed by atoms with E-state index in [4.69, 9.17) is 0 Å². The van der Waals surface area contributed by atoms with Crippen molar-refractivity contribution >= 4 is 24.2 Å². The van der Waals surface area contributed by atoms with Crippen molar-refractivity contribution in [1.82, 2.24) is 15.5 Å². The van der Waals surface area contributed by atoms with Gasteiger partial charge in [-0.05, 0) is 12.3 Å². The number of nitrogens with one attached hydrogen (secondary N) is 2. The van der Waals surface area contributed by atoms with Crippen molar-refractivity contribution in [2.75, 3.05) is 32.7 Å². The number of rotatable bonds is 5. The molecule has 20 heavy (non-hydrogen) atoms. The Kier molecular flexibility index (Phi) is 7.92. The molecule has 1 aliphatic carbocycles. The monoisotopic (exact) mass is 303 g/mol. The molecular weight excluding hydrogens is 278 g/mol. The number of hydrogen-bond acceptors (Lipinski definition) is 3. The van der Waals surface area contributed by atoms with Crippen LogP contribution in [0.15, 0.2) is 0 Å². The first-order valence-electron chi connectivity index (χ1n) is 7.51. The number of halogens is 1. The lowest BCUT2D eigenvalue weighted by Crippen LogP contribution is -2.49. The third kappa shape index (κ3) is 5.67. The quantitative estimate of drug-likeness (QED) is 0.794. The summed E-state index contributed by atoms with van der Waals surface area (Å²) in [5.74, 6) is 0.792. The molecule has 2 aliphatic rings. The topological polar surface area (TPSA) is 61.4 Å². The highest BCUT2D eigenvalue weighted by atomic mass is 35.5. The molecule has 2 amide bonds. The highest BCUT2D eigenvalue weighted by Crippen LogP contribution is 2.28. The Balaban J connectivity index is 0.00000200. The zero-order valence-electron chi connectivity index (χ0n) is 12.0. The molecule has 5 nitrogen and oxygen atoms in total. The minimum absolute atomic E-state index is 0. The van der Waals surface area contributed by atoms with Gasteiger partial charge in [-0.1, -0.05) is 25.7 Å². The Morgan fingerprint density at radius 1 is 1.15 bits per heavy atom. The summed E-state index contributed by atoms with van der Waals surface area (Å²) in [5.41, 5.74) is 0. The normalized spacial score (nSPS) is 19.5. The van der Waals surface area contributed by atoms with Gasteiger partial charge in [0.05, 0.1) is 6.54 Å². The SMILES string of the molecule is Cl.O=C(CCC1CCCC1)NCC(=O)N1CCNCC1. The van der Waals surface area contributed by atoms with Gasteiger partial charge in [0.25, 0.3) is 0 Å². The fraction of sp³-hybridized carbons (Fsp3) is 0.857. The summed E-state index contributed by atoms with van der Waals surface area (Å²) >= 11 is 0. The molecule has 0 radical (unpaired) electrons. The zero-order chi connectivity index (χ0) is 13.5. The van der Waals surface area contributed by atoms with E-state index in [1.54, 1.807) is 0 Å². The lowest BCUT2D eigenvalue weighted by atomic mass is 10.0. The summed E-state index contributed by atoms with van der Waals surface area (Å²) in [6.45, 7) is 3.35. The van der Waals surface area contributed by atoms with Gasteiger partial charge in [-0.15, -0.1) is 12.4 Å². The van der Waals surface area contributed by atoms with E-state index in [9.17, 15) is 9.59 Å². The van der Waals surface area contributed by atoms with E-state index in [2.05, 4.69) is 10.6 Å². The molecule has 0 bridgehead atoms. The maximum atomic E-state index is 11.8. The van der Waals surface area contributed by atoms with Crippen molar-refractivity contribution in [2.24, 2.45) is 5.92 Å². The van der Waals surface area contributed by atoms with Gasteiger partial charge in [0.2, 0.25) is 11.8 Å². The molecule has 0 atom stereocenters. The first-order chi connectivity index (χ1) is 9.25. The van der Waals surface area contributed by atoms with Gasteiger partial charge >= 0.3 is 0 Å². The van der Waals surface area contributed by atoms with Crippen LogP contribution in [0.5, 0.6) is 0 Å². The summed E-state index contributed by atoms with van der Waals surface area (Å²) in [4.78, 5) is 25.4. The maximum Gasteiger partial charge on any atom is 0.242 e. The summed E-state index contributed by atoms with van der Waals surface area (Å²) in [6.07, 6.45) is 6.72. The van der Waals surface area contributed by atoms with Gasteiger partial charge in [0, 0.05) is 32.6 Å². The molecule has 1 saturated heterocycles. The van der Waals surface area contributed by atoms with Crippen molar-refractivity contribution in [3.63, 3.8) is 0 Å². The van der Waals surface area contributed by atoms with Crippen LogP contribution in [-0.4, -0.2) is 49.4 Å². The van der Waals surface area contributed by atoms with Crippen LogP contribution in [0.3, 0.4) is 0 Å². The molecule has 0 aromatic rings. The second kappa shape index (κ2) is 9.19. The Morgan fingerprint density at radius 3 is 2.45 bits per heavy atom. The average Bonchev–Trinajstić information content (AvgIpc) is 2.96. The van der Waals surface area contributed by atoms with Crippen molar-refractivity contribution in [1.29, 1.82) is 0 Å². The molecule has 2 rings (SSSR count). The van der Waals surface area contributed by atoms with Crippen LogP contribution >= 0.6 is 12.4 Å². The van der Waals surface area contributed by atoms with E-state index in [1.807, 2.05) is 4.90 Å². The zero-order valence-corrected chi connectivity index (χ0v) is 12.8. The van der Waals surface area contributed by atoms with E-state index in [1.165, 1.54) is 25.7 Å². The van der Waals surface area contributed by atoms with Crippen molar-refractivity contribution in [3.8, 4) is 0 Å². The molecule has 1 aliphatic heterocycles. The molecule has 0 spiro atoms. The van der Waals surface area contributed by atoms with Crippen LogP contribution in [0.4, 0.5) is 0 Å². The van der Waals surface area contributed by atoms with Gasteiger partial charge in [-0.25, -0.2) is 0 Å². The highest BCUT2D eigenvalue weighted by Gasteiger charge is 2.18. The van der Waals surface area contributed by atoms with Crippen LogP contribution in [-0.2, 0) is 9.59 Å². The van der Waals surface area contributed by atoms with Crippen LogP contribution < -0.4 is 10.6 Å². The van der Waals surface area contributed by atoms with Gasteiger partial charge in [-0.2, -0.15) is 0 Å². The third-order valence-electron chi connectivity index (χ3n) is 4.16. The van der Waals surface area contributed by atoms with E-state index < -0.39 is 0 Å². The number of hydrogen-bond donors (Lipinski definition) is 2. The summed E-state index contributed by atoms with van der Waals surface area (Å²) < 4.78 is 0. The average molecular weight is 304 g/mol. The first-order valence-corrected chi connectivity index (χ1v) is 7.51. The Labute approximate surface area is 127 Å². The summed E-state index contributed by atoms with van der Waals surface area (Å²) in [5, 5.41) is 5.96. The fourth-order valence-electron chi connectivity index (χ4n) is 2.92. The molecule has 2 N–H and O–H groups in total. The lowest BCUT2D eigenvalue weighted by Gasteiger charge is -2.27. The van der Waals surface area contributed by atoms with Crippen molar-refractivity contribution < 1.29 is 9.59 Å². The molecular formula is C14H26ClN3O2. The minimum atomic E-state index is 0. The van der Waals surface area contributed by atoms with E-state index in [0.29, 0.717) is 6.42 Å². The summed E-state index contributed by atoms with van der Waals surface area (Å²) in [7, 11) is 0. The van der Waals surface area contributed by atoms with Gasteiger partial charge in [-0.3, -0.25) is 9.59 Å². The second-order valence-electron chi connectivity index (χ2n) is 5.60. The molecule has 116 valence electrons. The van der Waals surface area contributed by atoms with Crippen LogP contribution in [0, 0.1) is 5.92 Å². The van der Waals surface area contributed by atoms with Crippen LogP contribution in [0.25, 0.3) is 0 Å². The number of amides is 2. The molecule has 2 fully saturated rings. The van der Waals surface area contributed by atoms with Crippen molar-refractivity contribution in [3.05, 3.63) is 0 Å². The predicted molar refractivity (Wildman–Crippen MR) is 80.9 cm³/mol. The maximum absolute atomic E-state index is 11.8. The number of nitrogens with zero attached hydrogens (tertiary/aromatic N) is 1. The second-order valence-corrected chi connectivity index (χ2v) is 5.60. The Morgan fingerprint density at radius 2 is 1.80 bits per heavy atom. The predicted octanol–water partition coefficient (Wildman–Crippen LogP) is 0.927. The van der Waals surface area contributed by atoms with E-state index in [0.717, 1.165) is 38.5 Å². The smallest absolute Gasteiger partial charge is 0.242 e. The van der Waals surface area contributed by atoms with Gasteiger partial charge in [0.1, 0.15) is 0 Å². The van der Waals surface area contributed by atoms with E-state index >= 15 is 0 Å². The largest absolute Gasteiger partial charge is 0.347 e. The molecule has 1 saturated carbocycles. The van der Waals surface area contributed by atoms with Crippen LogP contribution in [0.1, 0.15) is 38.5 Å². The number of carbonyl (C=O) groups is 2. The Bertz CT molecular complexity index is 314. The Hall–Kier alpha value is -0.810. The summed E-state index contributed by atoms with van der Waals surface area (Å²) in [6, 6.07) is 0. The molecule has 1 heterocycles. The van der Waals surface area contributed by atoms with Gasteiger partial charge < -0.3 is 15.5 Å². The molecule has 0 aromatic carbocycles. The van der Waals surface area contributed by atoms with Gasteiger partial charge in [0.15, 0.2) is 0 Å². The number of carbonyl (C=O) groups excluding carboxylic acids is 2. The molecule has 6 heteroatoms. The number of piperazine rings is 1. The first kappa shape index (κ1) is 17.2. The minimum Gasteiger partial charge on any atom is -0.347 e. The van der Waals surface area contributed by atoms with Crippen molar-refractivity contribution in [2.45, 2.75) is 38.5 Å². The van der Waals surface area contributed by atoms with Crippen LogP contribution in [0.2, 0.25) is 0 Å². The molecule has 0 unspecified atom stereocenters.